The molecular weight excluding hydrogens is 537 g/mol. The van der Waals surface area contributed by atoms with Crippen molar-refractivity contribution in [2.75, 3.05) is 25.1 Å². The molecule has 0 spiro atoms. The summed E-state index contributed by atoms with van der Waals surface area (Å²) >= 11 is 0. The molecule has 2 amide bonds. The number of ether oxygens (including phenoxy) is 2. The van der Waals surface area contributed by atoms with Gasteiger partial charge in [-0.25, -0.2) is 12.8 Å². The Kier molecular flexibility index (Phi) is 10.1. The predicted octanol–water partition coefficient (Wildman–Crippen LogP) is 3.98. The fourth-order valence-electron chi connectivity index (χ4n) is 4.02. The molecule has 0 saturated heterocycles. The number of halogens is 1. The van der Waals surface area contributed by atoms with Gasteiger partial charge < -0.3 is 19.7 Å². The van der Waals surface area contributed by atoms with Gasteiger partial charge >= 0.3 is 0 Å². The molecule has 0 heterocycles. The molecule has 1 atom stereocenters. The highest BCUT2D eigenvalue weighted by atomic mass is 32.2. The summed E-state index contributed by atoms with van der Waals surface area (Å²) < 4.78 is 54.2. The Labute approximate surface area is 234 Å². The molecule has 0 unspecified atom stereocenters. The summed E-state index contributed by atoms with van der Waals surface area (Å²) in [5, 5.41) is 2.76. The minimum absolute atomic E-state index is 0.0565. The third kappa shape index (κ3) is 7.09. The zero-order valence-corrected chi connectivity index (χ0v) is 23.9. The van der Waals surface area contributed by atoms with Crippen LogP contribution in [0.1, 0.15) is 26.3 Å². The number of sulfonamides is 1. The van der Waals surface area contributed by atoms with Crippen molar-refractivity contribution in [2.24, 2.45) is 0 Å². The van der Waals surface area contributed by atoms with Crippen LogP contribution in [0, 0.1) is 5.82 Å². The van der Waals surface area contributed by atoms with Gasteiger partial charge in [0.25, 0.3) is 10.0 Å². The fraction of sp³-hybridized carbons (Fsp3) is 0.310. The van der Waals surface area contributed by atoms with Crippen LogP contribution in [-0.4, -0.2) is 58.0 Å². The van der Waals surface area contributed by atoms with Crippen LogP contribution < -0.4 is 19.1 Å². The molecule has 3 rings (SSSR count). The molecule has 0 radical (unpaired) electrons. The van der Waals surface area contributed by atoms with E-state index in [1.165, 1.54) is 63.6 Å². The molecule has 11 heteroatoms. The van der Waals surface area contributed by atoms with Gasteiger partial charge in [0, 0.05) is 24.2 Å². The minimum atomic E-state index is -4.31. The van der Waals surface area contributed by atoms with E-state index in [2.05, 4.69) is 5.32 Å². The Morgan fingerprint density at radius 2 is 1.57 bits per heavy atom. The third-order valence-corrected chi connectivity index (χ3v) is 7.94. The van der Waals surface area contributed by atoms with E-state index in [0.717, 1.165) is 9.21 Å². The van der Waals surface area contributed by atoms with E-state index >= 15 is 0 Å². The van der Waals surface area contributed by atoms with Gasteiger partial charge in [-0.2, -0.15) is 0 Å². The smallest absolute Gasteiger partial charge is 0.264 e. The number of methoxy groups -OCH3 is 2. The number of nitrogens with one attached hydrogen (secondary N) is 1. The molecule has 214 valence electrons. The topological polar surface area (TPSA) is 105 Å². The molecule has 0 bridgehead atoms. The van der Waals surface area contributed by atoms with Crippen LogP contribution in [0.2, 0.25) is 0 Å². The van der Waals surface area contributed by atoms with Gasteiger partial charge in [-0.05, 0) is 51.1 Å². The van der Waals surface area contributed by atoms with Crippen molar-refractivity contribution < 1.29 is 31.9 Å². The van der Waals surface area contributed by atoms with Crippen LogP contribution in [0.25, 0.3) is 0 Å². The number of anilines is 1. The van der Waals surface area contributed by atoms with E-state index in [4.69, 9.17) is 9.47 Å². The predicted molar refractivity (Wildman–Crippen MR) is 150 cm³/mol. The lowest BCUT2D eigenvalue weighted by molar-refractivity contribution is -0.139. The Bertz CT molecular complexity index is 1430. The van der Waals surface area contributed by atoms with Crippen LogP contribution in [0.5, 0.6) is 11.5 Å². The Morgan fingerprint density at radius 3 is 2.17 bits per heavy atom. The van der Waals surface area contributed by atoms with Crippen molar-refractivity contribution in [1.29, 1.82) is 0 Å². The van der Waals surface area contributed by atoms with Gasteiger partial charge in [-0.1, -0.05) is 36.4 Å². The number of carbonyl (C=O) groups excluding carboxylic acids is 2. The number of rotatable bonds is 12. The van der Waals surface area contributed by atoms with E-state index in [0.29, 0.717) is 5.75 Å². The van der Waals surface area contributed by atoms with Gasteiger partial charge in [0.15, 0.2) is 0 Å². The quantitative estimate of drug-likeness (QED) is 0.353. The van der Waals surface area contributed by atoms with Crippen molar-refractivity contribution in [1.82, 2.24) is 10.2 Å². The van der Waals surface area contributed by atoms with E-state index in [9.17, 15) is 22.4 Å². The highest BCUT2D eigenvalue weighted by Crippen LogP contribution is 2.36. The maximum Gasteiger partial charge on any atom is 0.264 e. The molecule has 9 nitrogen and oxygen atoms in total. The van der Waals surface area contributed by atoms with Crippen LogP contribution in [-0.2, 0) is 26.2 Å². The SMILES string of the molecule is COc1ccc(OC)c(N(CC(=O)N(Cc2ccccc2F)[C@H](C)C(=O)NC(C)C)S(=O)(=O)c2ccccc2)c1. The van der Waals surface area contributed by atoms with Crippen molar-refractivity contribution in [2.45, 2.75) is 44.3 Å². The van der Waals surface area contributed by atoms with E-state index < -0.39 is 40.2 Å². The summed E-state index contributed by atoms with van der Waals surface area (Å²) in [6.45, 7) is 4.10. The zero-order valence-electron chi connectivity index (χ0n) is 23.1. The molecule has 0 aromatic heterocycles. The van der Waals surface area contributed by atoms with Crippen molar-refractivity contribution in [3.05, 3.63) is 84.2 Å². The molecule has 0 saturated carbocycles. The minimum Gasteiger partial charge on any atom is -0.497 e. The van der Waals surface area contributed by atoms with Crippen LogP contribution in [0.3, 0.4) is 0 Å². The Balaban J connectivity index is 2.12. The first-order valence-electron chi connectivity index (χ1n) is 12.6. The standard InChI is InChI=1S/C29H34FN3O6S/c1-20(2)31-29(35)21(3)32(18-22-11-9-10-14-25(22)30)28(34)19-33(40(36,37)24-12-7-6-8-13-24)26-17-23(38-4)15-16-27(26)39-5/h6-17,20-21H,18-19H2,1-5H3,(H,31,35)/t21-/m1/s1. The first kappa shape index (κ1) is 30.4. The summed E-state index contributed by atoms with van der Waals surface area (Å²) in [7, 11) is -1.50. The second-order valence-electron chi connectivity index (χ2n) is 9.31. The molecular formula is C29H34FN3O6S. The van der Waals surface area contributed by atoms with Crippen LogP contribution in [0.15, 0.2) is 77.7 Å². The summed E-state index contributed by atoms with van der Waals surface area (Å²) in [5.74, 6) is -1.22. The maximum absolute atomic E-state index is 14.6. The Morgan fingerprint density at radius 1 is 0.925 bits per heavy atom. The first-order valence-corrected chi connectivity index (χ1v) is 14.1. The zero-order chi connectivity index (χ0) is 29.4. The molecule has 0 aliphatic rings. The average molecular weight is 572 g/mol. The number of hydrogen-bond donors (Lipinski definition) is 1. The molecule has 0 aliphatic heterocycles. The number of amides is 2. The van der Waals surface area contributed by atoms with Crippen LogP contribution >= 0.6 is 0 Å². The van der Waals surface area contributed by atoms with Crippen molar-refractivity contribution in [3.8, 4) is 11.5 Å². The van der Waals surface area contributed by atoms with Gasteiger partial charge in [-0.15, -0.1) is 0 Å². The highest BCUT2D eigenvalue weighted by molar-refractivity contribution is 7.92. The second-order valence-corrected chi connectivity index (χ2v) is 11.2. The number of carbonyl (C=O) groups is 2. The summed E-state index contributed by atoms with van der Waals surface area (Å²) in [5.41, 5.74) is 0.237. The lowest BCUT2D eigenvalue weighted by Crippen LogP contribution is -2.52. The lowest BCUT2D eigenvalue weighted by Gasteiger charge is -2.32. The molecule has 0 fully saturated rings. The second kappa shape index (κ2) is 13.3. The maximum atomic E-state index is 14.6. The van der Waals surface area contributed by atoms with E-state index in [-0.39, 0.29) is 34.5 Å². The Hall–Kier alpha value is -4.12. The summed E-state index contributed by atoms with van der Waals surface area (Å²) in [6, 6.07) is 16.9. The molecule has 1 N–H and O–H groups in total. The summed E-state index contributed by atoms with van der Waals surface area (Å²) in [4.78, 5) is 28.0. The average Bonchev–Trinajstić information content (AvgIpc) is 2.94. The third-order valence-electron chi connectivity index (χ3n) is 6.16. The van der Waals surface area contributed by atoms with E-state index in [1.54, 1.807) is 44.2 Å². The molecule has 40 heavy (non-hydrogen) atoms. The van der Waals surface area contributed by atoms with Crippen LogP contribution in [0.4, 0.5) is 10.1 Å². The van der Waals surface area contributed by atoms with Gasteiger partial charge in [0.2, 0.25) is 11.8 Å². The van der Waals surface area contributed by atoms with E-state index in [1.807, 2.05) is 0 Å². The fourth-order valence-corrected chi connectivity index (χ4v) is 5.46. The number of benzene rings is 3. The number of hydrogen-bond acceptors (Lipinski definition) is 6. The molecule has 3 aromatic rings. The number of nitrogens with zero attached hydrogens (tertiary/aromatic N) is 2. The highest BCUT2D eigenvalue weighted by Gasteiger charge is 2.34. The van der Waals surface area contributed by atoms with Crippen molar-refractivity contribution in [3.63, 3.8) is 0 Å². The van der Waals surface area contributed by atoms with Gasteiger partial charge in [0.1, 0.15) is 29.9 Å². The lowest BCUT2D eigenvalue weighted by atomic mass is 10.1. The summed E-state index contributed by atoms with van der Waals surface area (Å²) in [6.07, 6.45) is 0. The van der Waals surface area contributed by atoms with Crippen molar-refractivity contribution >= 4 is 27.5 Å². The molecule has 0 aliphatic carbocycles. The first-order chi connectivity index (χ1) is 19.0. The van der Waals surface area contributed by atoms with Gasteiger partial charge in [-0.3, -0.25) is 13.9 Å². The van der Waals surface area contributed by atoms with Gasteiger partial charge in [0.05, 0.1) is 24.8 Å². The largest absolute Gasteiger partial charge is 0.497 e. The normalized spacial score (nSPS) is 12.0. The monoisotopic (exact) mass is 571 g/mol. The molecule has 3 aromatic carbocycles.